The van der Waals surface area contributed by atoms with Crippen molar-refractivity contribution in [3.63, 3.8) is 0 Å². The Hall–Kier alpha value is -1.39. The van der Waals surface area contributed by atoms with E-state index in [4.69, 9.17) is 0 Å². The number of hydrazone groups is 2. The van der Waals surface area contributed by atoms with Crippen LogP contribution >= 0.6 is 0 Å². The van der Waals surface area contributed by atoms with Crippen LogP contribution in [0.1, 0.15) is 13.8 Å². The molecule has 0 unspecified atom stereocenters. The zero-order valence-electron chi connectivity index (χ0n) is 5.62. The van der Waals surface area contributed by atoms with Crippen LogP contribution in [0.25, 0.3) is 0 Å². The summed E-state index contributed by atoms with van der Waals surface area (Å²) in [7, 11) is 0. The molecular formula is C5H6N2O3. The third-order valence-corrected chi connectivity index (χ3v) is 1.40. The van der Waals surface area contributed by atoms with E-state index in [-0.39, 0.29) is 21.1 Å². The van der Waals surface area contributed by atoms with Gasteiger partial charge < -0.3 is 10.4 Å². The summed E-state index contributed by atoms with van der Waals surface area (Å²) >= 11 is 0. The van der Waals surface area contributed by atoms with Gasteiger partial charge in [-0.1, -0.05) is 0 Å². The monoisotopic (exact) mass is 142 g/mol. The van der Waals surface area contributed by atoms with Gasteiger partial charge in [-0.05, 0) is 0 Å². The summed E-state index contributed by atoms with van der Waals surface area (Å²) in [6, 6.07) is 0. The van der Waals surface area contributed by atoms with Gasteiger partial charge in [-0.15, -0.1) is 0 Å². The Morgan fingerprint density at radius 1 is 1.10 bits per heavy atom. The average molecular weight is 142 g/mol. The minimum Gasteiger partial charge on any atom is -0.561 e. The maximum Gasteiger partial charge on any atom is 0.327 e. The van der Waals surface area contributed by atoms with Gasteiger partial charge in [-0.2, -0.15) is 0 Å². The normalized spacial score (nSPS) is 19.2. The van der Waals surface area contributed by atoms with Crippen LogP contribution in [-0.2, 0) is 4.79 Å². The van der Waals surface area contributed by atoms with Gasteiger partial charge in [0.2, 0.25) is 0 Å². The summed E-state index contributed by atoms with van der Waals surface area (Å²) < 4.78 is 0. The van der Waals surface area contributed by atoms with Crippen molar-refractivity contribution in [2.45, 2.75) is 13.8 Å². The number of ketones is 1. The Morgan fingerprint density at radius 3 is 1.50 bits per heavy atom. The smallest absolute Gasteiger partial charge is 0.327 e. The Balaban J connectivity index is 3.22. The number of rotatable bonds is 0. The number of hydrazine groups is 1. The Labute approximate surface area is 57.0 Å². The summed E-state index contributed by atoms with van der Waals surface area (Å²) in [4.78, 5) is 10.8. The molecule has 0 radical (unpaired) electrons. The second-order valence-electron chi connectivity index (χ2n) is 2.05. The minimum absolute atomic E-state index is 0.0394. The van der Waals surface area contributed by atoms with Crippen molar-refractivity contribution >= 4 is 17.2 Å². The maximum atomic E-state index is 10.8. The van der Waals surface area contributed by atoms with E-state index in [0.29, 0.717) is 0 Å². The molecular weight excluding hydrogens is 136 g/mol. The Morgan fingerprint density at radius 2 is 1.40 bits per heavy atom. The summed E-state index contributed by atoms with van der Waals surface area (Å²) in [5, 5.41) is 21.2. The molecule has 0 aromatic heterocycles. The fourth-order valence-corrected chi connectivity index (χ4v) is 0.708. The lowest BCUT2D eigenvalue weighted by Gasteiger charge is -1.93. The summed E-state index contributed by atoms with van der Waals surface area (Å²) in [5.41, 5.74) is -0.153. The Bertz CT molecular complexity index is 238. The van der Waals surface area contributed by atoms with E-state index in [1.807, 2.05) is 0 Å². The number of nitrogens with zero attached hydrogens (tertiary/aromatic N) is 2. The highest BCUT2D eigenvalue weighted by atomic mass is 16.7. The summed E-state index contributed by atoms with van der Waals surface area (Å²) in [6.07, 6.45) is 0. The topological polar surface area (TPSA) is 69.2 Å². The number of carbonyl (C=O) groups is 1. The third-order valence-electron chi connectivity index (χ3n) is 1.40. The molecule has 1 heterocycles. The first kappa shape index (κ1) is 6.73. The largest absolute Gasteiger partial charge is 0.561 e. The van der Waals surface area contributed by atoms with Gasteiger partial charge in [0.1, 0.15) is 0 Å². The van der Waals surface area contributed by atoms with E-state index in [2.05, 4.69) is 0 Å². The zero-order chi connectivity index (χ0) is 7.89. The van der Waals surface area contributed by atoms with Gasteiger partial charge in [-0.3, -0.25) is 4.79 Å². The van der Waals surface area contributed by atoms with E-state index in [1.54, 1.807) is 0 Å². The molecule has 0 saturated heterocycles. The third kappa shape index (κ3) is 0.601. The van der Waals surface area contributed by atoms with E-state index in [1.165, 1.54) is 13.8 Å². The van der Waals surface area contributed by atoms with Crippen molar-refractivity contribution in [3.8, 4) is 0 Å². The summed E-state index contributed by atoms with van der Waals surface area (Å²) in [5.74, 6) is -0.481. The fraction of sp³-hybridized carbons (Fsp3) is 0.400. The highest BCUT2D eigenvalue weighted by Crippen LogP contribution is 1.95. The van der Waals surface area contributed by atoms with E-state index in [0.717, 1.165) is 0 Å². The van der Waals surface area contributed by atoms with Crippen molar-refractivity contribution < 1.29 is 14.5 Å². The first-order chi connectivity index (χ1) is 4.55. The number of hydrogen-bond donors (Lipinski definition) is 0. The highest BCUT2D eigenvalue weighted by molar-refractivity contribution is 6.64. The first-order valence-corrected chi connectivity index (χ1v) is 2.72. The molecule has 0 bridgehead atoms. The van der Waals surface area contributed by atoms with Crippen LogP contribution in [0, 0.1) is 10.4 Å². The van der Waals surface area contributed by atoms with Crippen molar-refractivity contribution in [2.75, 3.05) is 0 Å². The zero-order valence-corrected chi connectivity index (χ0v) is 5.62. The Kier molecular flexibility index (Phi) is 1.21. The van der Waals surface area contributed by atoms with Gasteiger partial charge in [0.05, 0.1) is 9.70 Å². The van der Waals surface area contributed by atoms with Gasteiger partial charge in [0, 0.05) is 13.8 Å². The predicted octanol–water partition coefficient (Wildman–Crippen LogP) is -0.574. The molecule has 1 aliphatic rings. The van der Waals surface area contributed by atoms with Crippen LogP contribution in [-0.4, -0.2) is 26.9 Å². The van der Waals surface area contributed by atoms with Crippen LogP contribution in [0.3, 0.4) is 0 Å². The molecule has 0 saturated carbocycles. The molecule has 54 valence electrons. The second-order valence-corrected chi connectivity index (χ2v) is 2.05. The van der Waals surface area contributed by atoms with Crippen LogP contribution < -0.4 is 0 Å². The van der Waals surface area contributed by atoms with Crippen LogP contribution in [0.15, 0.2) is 0 Å². The molecule has 0 atom stereocenters. The molecule has 0 aliphatic carbocycles. The number of Topliss-reactive ketones (excluding diaryl/α,β-unsaturated/α-hetero) is 1. The number of hydrogen-bond acceptors (Lipinski definition) is 3. The SMILES string of the molecule is CC1=[N+]([O-])[N+]([O-])=C(C)C1=O. The van der Waals surface area contributed by atoms with Crippen LogP contribution in [0.4, 0.5) is 0 Å². The maximum absolute atomic E-state index is 10.8. The molecule has 0 N–H and O–H groups in total. The standard InChI is InChI=1S/C5H6N2O3/c1-3-5(8)4(2)7(10)6(3)9/h1-2H3. The molecule has 0 aromatic carbocycles. The van der Waals surface area contributed by atoms with Gasteiger partial charge in [0.25, 0.3) is 0 Å². The predicted molar refractivity (Wildman–Crippen MR) is 33.6 cm³/mol. The van der Waals surface area contributed by atoms with E-state index in [9.17, 15) is 15.2 Å². The molecule has 1 aliphatic heterocycles. The molecule has 1 rings (SSSR count). The molecule has 0 spiro atoms. The lowest BCUT2D eigenvalue weighted by Crippen LogP contribution is -2.15. The van der Waals surface area contributed by atoms with Crippen molar-refractivity contribution in [1.29, 1.82) is 0 Å². The van der Waals surface area contributed by atoms with Crippen LogP contribution in [0.2, 0.25) is 0 Å². The first-order valence-electron chi connectivity index (χ1n) is 2.72. The number of carbonyl (C=O) groups excluding carboxylic acids is 1. The van der Waals surface area contributed by atoms with Crippen molar-refractivity contribution in [1.82, 2.24) is 0 Å². The fourth-order valence-electron chi connectivity index (χ4n) is 0.708. The van der Waals surface area contributed by atoms with Crippen molar-refractivity contribution in [2.24, 2.45) is 0 Å². The van der Waals surface area contributed by atoms with Gasteiger partial charge in [-0.25, -0.2) is 0 Å². The quantitative estimate of drug-likeness (QED) is 0.336. The average Bonchev–Trinajstić information content (AvgIpc) is 2.07. The highest BCUT2D eigenvalue weighted by Gasteiger charge is 2.37. The van der Waals surface area contributed by atoms with E-state index >= 15 is 0 Å². The molecule has 10 heavy (non-hydrogen) atoms. The van der Waals surface area contributed by atoms with Crippen molar-refractivity contribution in [3.05, 3.63) is 10.4 Å². The van der Waals surface area contributed by atoms with Gasteiger partial charge >= 0.3 is 17.2 Å². The summed E-state index contributed by atoms with van der Waals surface area (Å²) in [6.45, 7) is 2.63. The molecule has 5 nitrogen and oxygen atoms in total. The molecule has 5 heteroatoms. The second kappa shape index (κ2) is 1.80. The van der Waals surface area contributed by atoms with E-state index < -0.39 is 5.78 Å². The molecule has 0 fully saturated rings. The lowest BCUT2D eigenvalue weighted by atomic mass is 10.2. The van der Waals surface area contributed by atoms with Gasteiger partial charge in [0.15, 0.2) is 0 Å². The molecule has 0 amide bonds. The minimum atomic E-state index is -0.481. The van der Waals surface area contributed by atoms with Crippen LogP contribution in [0.5, 0.6) is 0 Å². The lowest BCUT2D eigenvalue weighted by molar-refractivity contribution is -1.05. The molecule has 0 aromatic rings.